The number of rotatable bonds is 6. The van der Waals surface area contributed by atoms with E-state index in [1.807, 2.05) is 6.26 Å². The van der Waals surface area contributed by atoms with Crippen molar-refractivity contribution in [2.24, 2.45) is 11.0 Å². The van der Waals surface area contributed by atoms with Gasteiger partial charge in [-0.2, -0.15) is 5.10 Å². The molecule has 0 saturated carbocycles. The Hall–Kier alpha value is -2.49. The van der Waals surface area contributed by atoms with Crippen LogP contribution in [-0.2, 0) is 0 Å². The van der Waals surface area contributed by atoms with Gasteiger partial charge in [0, 0.05) is 18.6 Å². The number of nitro benzene ring substituents is 1. The molecule has 122 valence electrons. The van der Waals surface area contributed by atoms with Gasteiger partial charge in [-0.3, -0.25) is 15.5 Å². The number of nitro groups is 1. The van der Waals surface area contributed by atoms with Crippen molar-refractivity contribution in [2.75, 3.05) is 11.7 Å². The minimum Gasteiger partial charge on any atom is -0.277 e. The van der Waals surface area contributed by atoms with E-state index < -0.39 is 4.92 Å². The third-order valence-electron chi connectivity index (χ3n) is 2.79. The van der Waals surface area contributed by atoms with Crippen molar-refractivity contribution >= 4 is 29.0 Å². The lowest BCUT2D eigenvalue weighted by Crippen LogP contribution is -2.19. The quantitative estimate of drug-likeness (QED) is 0.284. The zero-order chi connectivity index (χ0) is 16.8. The van der Waals surface area contributed by atoms with Crippen LogP contribution in [-0.4, -0.2) is 37.2 Å². The van der Waals surface area contributed by atoms with Crippen LogP contribution in [0.25, 0.3) is 0 Å². The molecule has 0 saturated heterocycles. The number of aromatic nitrogens is 4. The van der Waals surface area contributed by atoms with Gasteiger partial charge < -0.3 is 0 Å². The van der Waals surface area contributed by atoms with Gasteiger partial charge in [-0.05, 0) is 29.5 Å². The van der Waals surface area contributed by atoms with E-state index in [-0.39, 0.29) is 5.69 Å². The molecule has 0 unspecified atom stereocenters. The smallest absolute Gasteiger partial charge is 0.269 e. The van der Waals surface area contributed by atoms with Crippen molar-refractivity contribution in [3.8, 4) is 0 Å². The van der Waals surface area contributed by atoms with Gasteiger partial charge in [0.1, 0.15) is 0 Å². The Morgan fingerprint density at radius 3 is 2.65 bits per heavy atom. The van der Waals surface area contributed by atoms with Crippen LogP contribution in [0.2, 0.25) is 0 Å². The number of hydrogen-bond donors (Lipinski definition) is 1. The van der Waals surface area contributed by atoms with Crippen LogP contribution < -0.4 is 5.43 Å². The largest absolute Gasteiger partial charge is 0.277 e. The third kappa shape index (κ3) is 4.74. The molecule has 0 bridgehead atoms. The van der Waals surface area contributed by atoms with E-state index in [4.69, 9.17) is 0 Å². The summed E-state index contributed by atoms with van der Waals surface area (Å²) in [6, 6.07) is 6.02. The fourth-order valence-corrected chi connectivity index (χ4v) is 1.99. The molecule has 0 aliphatic rings. The second-order valence-corrected chi connectivity index (χ2v) is 5.88. The molecule has 0 aliphatic heterocycles. The zero-order valence-electron chi connectivity index (χ0n) is 13.0. The van der Waals surface area contributed by atoms with Gasteiger partial charge in [0.15, 0.2) is 5.84 Å². The Labute approximate surface area is 137 Å². The maximum absolute atomic E-state index is 10.6. The van der Waals surface area contributed by atoms with Crippen LogP contribution in [0, 0.1) is 16.0 Å². The molecule has 0 amide bonds. The molecule has 0 atom stereocenters. The Bertz CT molecular complexity index is 697. The first-order valence-electron chi connectivity index (χ1n) is 6.91. The summed E-state index contributed by atoms with van der Waals surface area (Å²) in [6.07, 6.45) is 2.53. The van der Waals surface area contributed by atoms with Crippen molar-refractivity contribution in [3.63, 3.8) is 0 Å². The summed E-state index contributed by atoms with van der Waals surface area (Å²) in [5, 5.41) is 27.6. The number of non-ortho nitro benzene ring substituents is 1. The number of nitrogens with zero attached hydrogens (tertiary/aromatic N) is 6. The first-order valence-corrected chi connectivity index (χ1v) is 8.13. The average molecular weight is 335 g/mol. The SMILES string of the molecule is CSc1nnn(/C(CC(C)C)=N\Nc2ccc([N+](=O)[O-])cc2)n1. The highest BCUT2D eigenvalue weighted by Crippen LogP contribution is 2.15. The van der Waals surface area contributed by atoms with Gasteiger partial charge in [-0.1, -0.05) is 25.6 Å². The van der Waals surface area contributed by atoms with Gasteiger partial charge in [0.05, 0.1) is 10.6 Å². The molecular formula is C13H17N7O2S. The molecule has 1 N–H and O–H groups in total. The number of thioether (sulfide) groups is 1. The van der Waals surface area contributed by atoms with Crippen molar-refractivity contribution < 1.29 is 4.92 Å². The number of hydrazone groups is 1. The summed E-state index contributed by atoms with van der Waals surface area (Å²) >= 11 is 1.40. The maximum atomic E-state index is 10.6. The molecule has 0 radical (unpaired) electrons. The topological polar surface area (TPSA) is 111 Å². The first kappa shape index (κ1) is 16.9. The number of tetrazole rings is 1. The molecule has 0 fully saturated rings. The Kier molecular flexibility index (Phi) is 5.63. The van der Waals surface area contributed by atoms with Gasteiger partial charge in [-0.25, -0.2) is 0 Å². The predicted molar refractivity (Wildman–Crippen MR) is 88.6 cm³/mol. The molecular weight excluding hydrogens is 318 g/mol. The molecule has 10 heteroatoms. The zero-order valence-corrected chi connectivity index (χ0v) is 13.8. The van der Waals surface area contributed by atoms with E-state index in [1.165, 1.54) is 28.7 Å². The molecule has 0 aliphatic carbocycles. The van der Waals surface area contributed by atoms with Crippen molar-refractivity contribution in [2.45, 2.75) is 25.4 Å². The summed E-state index contributed by atoms with van der Waals surface area (Å²) in [6.45, 7) is 4.13. The van der Waals surface area contributed by atoms with Crippen molar-refractivity contribution in [1.82, 2.24) is 20.2 Å². The monoisotopic (exact) mass is 335 g/mol. The Balaban J connectivity index is 2.17. The standard InChI is InChI=1S/C13H17N7O2S/c1-9(2)8-12(19-17-13(23-3)16-18-19)15-14-10-4-6-11(7-5-10)20(21)22/h4-7,9,14H,8H2,1-3H3/b15-12-. The Morgan fingerprint density at radius 1 is 1.43 bits per heavy atom. The van der Waals surface area contributed by atoms with E-state index in [1.54, 1.807) is 12.1 Å². The van der Waals surface area contributed by atoms with Crippen LogP contribution in [0.15, 0.2) is 34.5 Å². The average Bonchev–Trinajstić information content (AvgIpc) is 3.00. The molecule has 0 spiro atoms. The van der Waals surface area contributed by atoms with Gasteiger partial charge in [0.25, 0.3) is 5.69 Å². The van der Waals surface area contributed by atoms with E-state index in [2.05, 4.69) is 39.8 Å². The van der Waals surface area contributed by atoms with Crippen LogP contribution in [0.3, 0.4) is 0 Å². The van der Waals surface area contributed by atoms with Gasteiger partial charge in [0.2, 0.25) is 5.16 Å². The van der Waals surface area contributed by atoms with Crippen LogP contribution in [0.1, 0.15) is 20.3 Å². The van der Waals surface area contributed by atoms with Crippen LogP contribution in [0.4, 0.5) is 11.4 Å². The van der Waals surface area contributed by atoms with Gasteiger partial charge in [-0.15, -0.1) is 15.0 Å². The fraction of sp³-hybridized carbons (Fsp3) is 0.385. The number of nitrogens with one attached hydrogen (secondary N) is 1. The second kappa shape index (κ2) is 7.68. The van der Waals surface area contributed by atoms with E-state index >= 15 is 0 Å². The normalized spacial score (nSPS) is 11.7. The van der Waals surface area contributed by atoms with Crippen molar-refractivity contribution in [1.29, 1.82) is 0 Å². The summed E-state index contributed by atoms with van der Waals surface area (Å²) in [4.78, 5) is 11.6. The van der Waals surface area contributed by atoms with E-state index in [0.717, 1.165) is 0 Å². The van der Waals surface area contributed by atoms with Crippen molar-refractivity contribution in [3.05, 3.63) is 34.4 Å². The molecule has 1 heterocycles. The second-order valence-electron chi connectivity index (χ2n) is 5.11. The van der Waals surface area contributed by atoms with Crippen LogP contribution >= 0.6 is 11.8 Å². The molecule has 1 aromatic carbocycles. The van der Waals surface area contributed by atoms with E-state index in [0.29, 0.717) is 29.0 Å². The third-order valence-corrected chi connectivity index (χ3v) is 3.32. The summed E-state index contributed by atoms with van der Waals surface area (Å²) in [5.41, 5.74) is 3.54. The summed E-state index contributed by atoms with van der Waals surface area (Å²) < 4.78 is 0. The molecule has 23 heavy (non-hydrogen) atoms. The molecule has 2 rings (SSSR count). The van der Waals surface area contributed by atoms with Crippen LogP contribution in [0.5, 0.6) is 0 Å². The minimum atomic E-state index is -0.444. The highest BCUT2D eigenvalue weighted by Gasteiger charge is 2.11. The lowest BCUT2D eigenvalue weighted by molar-refractivity contribution is -0.384. The Morgan fingerprint density at radius 2 is 2.13 bits per heavy atom. The highest BCUT2D eigenvalue weighted by atomic mass is 32.2. The number of hydrogen-bond acceptors (Lipinski definition) is 8. The van der Waals surface area contributed by atoms with Gasteiger partial charge >= 0.3 is 0 Å². The number of anilines is 1. The lowest BCUT2D eigenvalue weighted by Gasteiger charge is -2.08. The number of benzene rings is 1. The molecule has 9 nitrogen and oxygen atoms in total. The lowest BCUT2D eigenvalue weighted by atomic mass is 10.1. The minimum absolute atomic E-state index is 0.0319. The summed E-state index contributed by atoms with van der Waals surface area (Å²) in [7, 11) is 0. The first-order chi connectivity index (χ1) is 11.0. The summed E-state index contributed by atoms with van der Waals surface area (Å²) in [5.74, 6) is 0.974. The predicted octanol–water partition coefficient (Wildman–Crippen LogP) is 2.62. The molecule has 2 aromatic rings. The maximum Gasteiger partial charge on any atom is 0.269 e. The molecule has 1 aromatic heterocycles. The fourth-order valence-electron chi connectivity index (χ4n) is 1.72. The highest BCUT2D eigenvalue weighted by molar-refractivity contribution is 7.98. The van der Waals surface area contributed by atoms with E-state index in [9.17, 15) is 10.1 Å².